The number of benzene rings is 1. The van der Waals surface area contributed by atoms with Crippen LogP contribution in [0.2, 0.25) is 0 Å². The molecule has 0 heterocycles. The fourth-order valence-corrected chi connectivity index (χ4v) is 1.67. The van der Waals surface area contributed by atoms with Crippen molar-refractivity contribution in [3.63, 3.8) is 0 Å². The molecule has 1 rings (SSSR count). The molecule has 0 spiro atoms. The lowest BCUT2D eigenvalue weighted by Crippen LogP contribution is -1.84. The van der Waals surface area contributed by atoms with Crippen molar-refractivity contribution >= 4 is 22.2 Å². The van der Waals surface area contributed by atoms with Gasteiger partial charge in [0.1, 0.15) is 5.80 Å². The predicted molar refractivity (Wildman–Crippen MR) is 48.2 cm³/mol. The van der Waals surface area contributed by atoms with Crippen LogP contribution in [0.3, 0.4) is 0 Å². The Kier molecular flexibility index (Phi) is 3.02. The highest BCUT2D eigenvalue weighted by Gasteiger charge is 1.87. The van der Waals surface area contributed by atoms with Gasteiger partial charge in [-0.1, -0.05) is 30.3 Å². The Hall–Kier alpha value is -0.220. The first-order valence-corrected chi connectivity index (χ1v) is 5.85. The fraction of sp³-hybridized carbons (Fsp3) is 0. The van der Waals surface area contributed by atoms with Crippen LogP contribution >= 0.6 is 16.4 Å². The van der Waals surface area contributed by atoms with Crippen molar-refractivity contribution in [1.29, 1.82) is 0 Å². The lowest BCUT2D eigenvalue weighted by atomic mass is 10.2. The molecule has 2 unspecified atom stereocenters. The van der Waals surface area contributed by atoms with Crippen LogP contribution in [0.1, 0.15) is 5.56 Å². The molecule has 0 saturated heterocycles. The Balaban J connectivity index is 2.87. The van der Waals surface area contributed by atoms with Gasteiger partial charge in [0.15, 0.2) is 0 Å². The Morgan fingerprint density at radius 1 is 1.30 bits per heavy atom. The van der Waals surface area contributed by atoms with Crippen LogP contribution in [-0.4, -0.2) is 5.80 Å². The minimum atomic E-state index is -1.24. The Labute approximate surface area is 63.7 Å². The van der Waals surface area contributed by atoms with Crippen molar-refractivity contribution in [1.82, 2.24) is 0 Å². The van der Waals surface area contributed by atoms with E-state index in [-0.39, 0.29) is 0 Å². The van der Waals surface area contributed by atoms with E-state index in [1.165, 1.54) is 0 Å². The lowest BCUT2D eigenvalue weighted by molar-refractivity contribution is -0.147. The summed E-state index contributed by atoms with van der Waals surface area (Å²) in [4.78, 5) is 10.7. The molecule has 1 nitrogen and oxygen atoms in total. The molecule has 1 aromatic carbocycles. The first-order valence-electron chi connectivity index (χ1n) is 2.90. The summed E-state index contributed by atoms with van der Waals surface area (Å²) in [5, 5.41) is 0. The average molecular weight is 170 g/mol. The zero-order chi connectivity index (χ0) is 7.40. The van der Waals surface area contributed by atoms with Gasteiger partial charge in [-0.15, -0.1) is 0 Å². The summed E-state index contributed by atoms with van der Waals surface area (Å²) in [6, 6.07) is 9.65. The molecule has 0 amide bonds. The van der Waals surface area contributed by atoms with Gasteiger partial charge in [0, 0.05) is 5.56 Å². The van der Waals surface area contributed by atoms with Gasteiger partial charge in [0.05, 0.1) is 16.4 Å². The summed E-state index contributed by atoms with van der Waals surface area (Å²) in [5.74, 6) is 1.72. The molecule has 1 aromatic rings. The standard InChI is InChI=1S/C7H8OP2/c8-10(9)6-7-4-2-1-3-5-7/h1-6H,9H2. The van der Waals surface area contributed by atoms with E-state index in [0.717, 1.165) is 5.56 Å². The fourth-order valence-electron chi connectivity index (χ4n) is 0.686. The molecule has 0 fully saturated rings. The second-order valence-electron chi connectivity index (χ2n) is 1.90. The number of rotatable bonds is 1. The highest BCUT2D eigenvalue weighted by Crippen LogP contribution is 2.21. The molecule has 0 aliphatic carbocycles. The van der Waals surface area contributed by atoms with Crippen molar-refractivity contribution < 1.29 is 4.89 Å². The summed E-state index contributed by atoms with van der Waals surface area (Å²) >= 11 is 0. The topological polar surface area (TPSA) is 23.1 Å². The maximum atomic E-state index is 10.7. The summed E-state index contributed by atoms with van der Waals surface area (Å²) in [6.07, 6.45) is 0. The third-order valence-electron chi connectivity index (χ3n) is 1.08. The number of hydrogen-bond acceptors (Lipinski definition) is 1. The van der Waals surface area contributed by atoms with E-state index in [4.69, 9.17) is 0 Å². The molecule has 0 bridgehead atoms. The summed E-state index contributed by atoms with van der Waals surface area (Å²) in [5.41, 5.74) is 1.01. The van der Waals surface area contributed by atoms with Gasteiger partial charge in [0.25, 0.3) is 0 Å². The average Bonchev–Trinajstić information content (AvgIpc) is 1.88. The molecular formula is C7H8OP2. The van der Waals surface area contributed by atoms with E-state index in [1.54, 1.807) is 5.80 Å². The van der Waals surface area contributed by atoms with Crippen molar-refractivity contribution in [2.45, 2.75) is 0 Å². The van der Waals surface area contributed by atoms with Crippen LogP contribution in [0, 0.1) is 0 Å². The maximum Gasteiger partial charge on any atom is 0.113 e. The normalized spacial score (nSPS) is 11.6. The van der Waals surface area contributed by atoms with E-state index in [2.05, 4.69) is 8.93 Å². The van der Waals surface area contributed by atoms with Crippen LogP contribution in [0.4, 0.5) is 0 Å². The second-order valence-corrected chi connectivity index (χ2v) is 4.40. The minimum absolute atomic E-state index is 1.01. The monoisotopic (exact) mass is 170 g/mol. The molecule has 0 saturated carbocycles. The van der Waals surface area contributed by atoms with E-state index in [9.17, 15) is 4.89 Å². The van der Waals surface area contributed by atoms with Crippen molar-refractivity contribution in [3.05, 3.63) is 35.9 Å². The molecule has 0 aromatic heterocycles. The molecule has 52 valence electrons. The smallest absolute Gasteiger partial charge is 0.113 e. The first kappa shape index (κ1) is 7.88. The van der Waals surface area contributed by atoms with Crippen LogP contribution in [0.5, 0.6) is 0 Å². The van der Waals surface area contributed by atoms with E-state index < -0.39 is 7.46 Å². The molecule has 0 aliphatic rings. The van der Waals surface area contributed by atoms with E-state index in [0.29, 0.717) is 0 Å². The molecular weight excluding hydrogens is 162 g/mol. The second kappa shape index (κ2) is 3.83. The quantitative estimate of drug-likeness (QED) is 0.584. The molecule has 0 radical (unpaired) electrons. The molecule has 0 aliphatic heterocycles. The van der Waals surface area contributed by atoms with Gasteiger partial charge in [-0.25, -0.2) is 0 Å². The largest absolute Gasteiger partial charge is 0.629 e. The van der Waals surface area contributed by atoms with Gasteiger partial charge < -0.3 is 4.89 Å². The van der Waals surface area contributed by atoms with Gasteiger partial charge in [-0.3, -0.25) is 0 Å². The highest BCUT2D eigenvalue weighted by atomic mass is 32.0. The minimum Gasteiger partial charge on any atom is -0.629 e. The third kappa shape index (κ3) is 2.58. The van der Waals surface area contributed by atoms with Crippen LogP contribution in [-0.2, 0) is 0 Å². The Morgan fingerprint density at radius 3 is 2.40 bits per heavy atom. The first-order chi connectivity index (χ1) is 4.79. The van der Waals surface area contributed by atoms with E-state index in [1.807, 2.05) is 30.3 Å². The summed E-state index contributed by atoms with van der Waals surface area (Å²) < 4.78 is 0. The van der Waals surface area contributed by atoms with Crippen molar-refractivity contribution in [2.24, 2.45) is 0 Å². The van der Waals surface area contributed by atoms with Crippen LogP contribution < -0.4 is 4.89 Å². The van der Waals surface area contributed by atoms with Crippen molar-refractivity contribution in [3.8, 4) is 0 Å². The van der Waals surface area contributed by atoms with E-state index >= 15 is 0 Å². The molecule has 3 heteroatoms. The van der Waals surface area contributed by atoms with Gasteiger partial charge >= 0.3 is 0 Å². The van der Waals surface area contributed by atoms with Gasteiger partial charge in [-0.05, 0) is 0 Å². The molecule has 10 heavy (non-hydrogen) atoms. The van der Waals surface area contributed by atoms with Crippen molar-refractivity contribution in [2.75, 3.05) is 0 Å². The highest BCUT2D eigenvalue weighted by molar-refractivity contribution is 8.08. The Morgan fingerprint density at radius 2 is 1.90 bits per heavy atom. The van der Waals surface area contributed by atoms with Gasteiger partial charge in [-0.2, -0.15) is 0 Å². The third-order valence-corrected chi connectivity index (χ3v) is 2.08. The SMILES string of the molecule is [O-]/[P+](P)=C\c1ccccc1. The zero-order valence-electron chi connectivity index (χ0n) is 5.40. The molecule has 0 N–H and O–H groups in total. The Bertz CT molecular complexity index is 227. The van der Waals surface area contributed by atoms with Crippen LogP contribution in [0.25, 0.3) is 0 Å². The summed E-state index contributed by atoms with van der Waals surface area (Å²) in [6.45, 7) is 0. The predicted octanol–water partition coefficient (Wildman–Crippen LogP) is 1.38. The van der Waals surface area contributed by atoms with Crippen LogP contribution in [0.15, 0.2) is 30.3 Å². The van der Waals surface area contributed by atoms with Gasteiger partial charge in [0.2, 0.25) is 0 Å². The maximum absolute atomic E-state index is 10.7. The lowest BCUT2D eigenvalue weighted by Gasteiger charge is -1.89. The zero-order valence-corrected chi connectivity index (χ0v) is 7.45. The molecule has 2 atom stereocenters. The number of hydrogen-bond donors (Lipinski definition) is 0. The summed E-state index contributed by atoms with van der Waals surface area (Å²) in [7, 11) is 1.03.